The number of hydrogen-bond acceptors (Lipinski definition) is 8. The minimum Gasteiger partial charge on any atom is -0.497 e. The van der Waals surface area contributed by atoms with Gasteiger partial charge in [-0.1, -0.05) is 24.3 Å². The van der Waals surface area contributed by atoms with Crippen LogP contribution in [0, 0.1) is 0 Å². The van der Waals surface area contributed by atoms with Crippen LogP contribution < -0.4 is 28.4 Å². The van der Waals surface area contributed by atoms with Crippen LogP contribution in [0.5, 0.6) is 34.5 Å². The minimum absolute atomic E-state index is 0.165. The van der Waals surface area contributed by atoms with Crippen LogP contribution in [-0.2, 0) is 15.6 Å². The SMILES string of the molecule is COc1ccc(CS(=O)(=O)C2c3cc(OC)cc(OC)c3[C@H](c3cc(OC)cc(OC)c3)[C@H]2c2ccc(OC)cc2)cc1. The molecule has 43 heavy (non-hydrogen) atoms. The van der Waals surface area contributed by atoms with Crippen LogP contribution in [-0.4, -0.2) is 51.1 Å². The monoisotopic (exact) mass is 604 g/mol. The average Bonchev–Trinajstić information content (AvgIpc) is 3.40. The topological polar surface area (TPSA) is 89.5 Å². The predicted octanol–water partition coefficient (Wildman–Crippen LogP) is 6.32. The van der Waals surface area contributed by atoms with E-state index in [4.69, 9.17) is 28.4 Å². The molecule has 0 saturated carbocycles. The van der Waals surface area contributed by atoms with Crippen LogP contribution >= 0.6 is 0 Å². The molecule has 0 heterocycles. The number of ether oxygens (including phenoxy) is 6. The molecule has 9 heteroatoms. The molecule has 0 spiro atoms. The Hall–Kier alpha value is -4.37. The van der Waals surface area contributed by atoms with E-state index < -0.39 is 26.9 Å². The quantitative estimate of drug-likeness (QED) is 0.196. The highest BCUT2D eigenvalue weighted by atomic mass is 32.2. The van der Waals surface area contributed by atoms with Crippen LogP contribution in [0.3, 0.4) is 0 Å². The molecule has 8 nitrogen and oxygen atoms in total. The highest BCUT2D eigenvalue weighted by Gasteiger charge is 2.50. The predicted molar refractivity (Wildman–Crippen MR) is 165 cm³/mol. The Balaban J connectivity index is 1.79. The maximum absolute atomic E-state index is 14.7. The summed E-state index contributed by atoms with van der Waals surface area (Å²) in [5.41, 5.74) is 3.76. The van der Waals surface area contributed by atoms with Crippen molar-refractivity contribution in [2.24, 2.45) is 0 Å². The van der Waals surface area contributed by atoms with Crippen molar-refractivity contribution >= 4 is 9.84 Å². The van der Waals surface area contributed by atoms with Gasteiger partial charge in [-0.3, -0.25) is 0 Å². The molecule has 0 N–H and O–H groups in total. The van der Waals surface area contributed by atoms with Crippen molar-refractivity contribution in [1.29, 1.82) is 0 Å². The lowest BCUT2D eigenvalue weighted by Gasteiger charge is -2.27. The van der Waals surface area contributed by atoms with Gasteiger partial charge < -0.3 is 28.4 Å². The van der Waals surface area contributed by atoms with Gasteiger partial charge in [0.25, 0.3) is 0 Å². The van der Waals surface area contributed by atoms with Gasteiger partial charge in [0.1, 0.15) is 34.5 Å². The molecule has 0 bridgehead atoms. The molecular formula is C34H36O8S. The van der Waals surface area contributed by atoms with Crippen LogP contribution in [0.2, 0.25) is 0 Å². The lowest BCUT2D eigenvalue weighted by Crippen LogP contribution is -2.21. The smallest absolute Gasteiger partial charge is 0.162 e. The zero-order chi connectivity index (χ0) is 30.7. The second kappa shape index (κ2) is 12.5. The van der Waals surface area contributed by atoms with Gasteiger partial charge in [-0.25, -0.2) is 8.42 Å². The molecule has 5 rings (SSSR count). The number of fused-ring (bicyclic) bond motifs is 1. The number of sulfone groups is 1. The summed E-state index contributed by atoms with van der Waals surface area (Å²) in [5.74, 6) is 2.47. The minimum atomic E-state index is -3.83. The fourth-order valence-electron chi connectivity index (χ4n) is 6.06. The van der Waals surface area contributed by atoms with Gasteiger partial charge in [-0.05, 0) is 64.7 Å². The third kappa shape index (κ3) is 5.82. The number of benzene rings is 4. The normalized spacial score (nSPS) is 17.6. The molecule has 4 aromatic rings. The third-order valence-electron chi connectivity index (χ3n) is 8.05. The van der Waals surface area contributed by atoms with Gasteiger partial charge in [-0.2, -0.15) is 0 Å². The van der Waals surface area contributed by atoms with E-state index in [1.54, 1.807) is 79.1 Å². The summed E-state index contributed by atoms with van der Waals surface area (Å²) in [4.78, 5) is 0. The van der Waals surface area contributed by atoms with E-state index in [9.17, 15) is 8.42 Å². The lowest BCUT2D eigenvalue weighted by atomic mass is 9.81. The Kier molecular flexibility index (Phi) is 8.73. The van der Waals surface area contributed by atoms with E-state index in [1.165, 1.54) is 0 Å². The zero-order valence-electron chi connectivity index (χ0n) is 25.1. The van der Waals surface area contributed by atoms with Gasteiger partial charge in [-0.15, -0.1) is 0 Å². The second-order valence-electron chi connectivity index (χ2n) is 10.3. The highest BCUT2D eigenvalue weighted by molar-refractivity contribution is 7.91. The zero-order valence-corrected chi connectivity index (χ0v) is 25.9. The third-order valence-corrected chi connectivity index (χ3v) is 10.1. The van der Waals surface area contributed by atoms with E-state index in [-0.39, 0.29) is 5.75 Å². The first-order valence-electron chi connectivity index (χ1n) is 13.7. The molecule has 0 aliphatic heterocycles. The van der Waals surface area contributed by atoms with Crippen LogP contribution in [0.1, 0.15) is 44.9 Å². The molecule has 3 atom stereocenters. The molecule has 1 aliphatic rings. The maximum atomic E-state index is 14.7. The number of methoxy groups -OCH3 is 6. The molecule has 1 aliphatic carbocycles. The fourth-order valence-corrected chi connectivity index (χ4v) is 8.24. The molecular weight excluding hydrogens is 568 g/mol. The van der Waals surface area contributed by atoms with E-state index in [1.807, 2.05) is 42.5 Å². The molecule has 1 unspecified atom stereocenters. The van der Waals surface area contributed by atoms with E-state index in [0.717, 1.165) is 16.7 Å². The van der Waals surface area contributed by atoms with Gasteiger partial charge >= 0.3 is 0 Å². The Labute approximate surface area is 253 Å². The first-order chi connectivity index (χ1) is 20.8. The van der Waals surface area contributed by atoms with Gasteiger partial charge in [0, 0.05) is 29.5 Å². The Bertz CT molecular complexity index is 1660. The molecule has 0 amide bonds. The van der Waals surface area contributed by atoms with Crippen molar-refractivity contribution in [1.82, 2.24) is 0 Å². The summed E-state index contributed by atoms with van der Waals surface area (Å²) in [6, 6.07) is 23.9. The van der Waals surface area contributed by atoms with Crippen molar-refractivity contribution < 1.29 is 36.8 Å². The largest absolute Gasteiger partial charge is 0.497 e. The molecule has 0 fully saturated rings. The van der Waals surface area contributed by atoms with E-state index in [2.05, 4.69) is 0 Å². The molecule has 4 aromatic carbocycles. The molecule has 0 radical (unpaired) electrons. The highest BCUT2D eigenvalue weighted by Crippen LogP contribution is 2.61. The number of rotatable bonds is 11. The second-order valence-corrected chi connectivity index (χ2v) is 12.5. The first kappa shape index (κ1) is 30.1. The summed E-state index contributed by atoms with van der Waals surface area (Å²) in [6.45, 7) is 0. The van der Waals surface area contributed by atoms with E-state index in [0.29, 0.717) is 45.6 Å². The molecule has 0 aromatic heterocycles. The van der Waals surface area contributed by atoms with Crippen LogP contribution in [0.15, 0.2) is 78.9 Å². The average molecular weight is 605 g/mol. The van der Waals surface area contributed by atoms with Crippen molar-refractivity contribution in [2.75, 3.05) is 42.7 Å². The lowest BCUT2D eigenvalue weighted by molar-refractivity contribution is 0.388. The Morgan fingerprint density at radius 3 is 1.58 bits per heavy atom. The number of hydrogen-bond donors (Lipinski definition) is 0. The summed E-state index contributed by atoms with van der Waals surface area (Å²) < 4.78 is 62.8. The van der Waals surface area contributed by atoms with Crippen LogP contribution in [0.25, 0.3) is 0 Å². The van der Waals surface area contributed by atoms with Gasteiger partial charge in [0.2, 0.25) is 0 Å². The van der Waals surface area contributed by atoms with Gasteiger partial charge in [0.15, 0.2) is 9.84 Å². The van der Waals surface area contributed by atoms with Crippen molar-refractivity contribution in [3.05, 3.63) is 107 Å². The summed E-state index contributed by atoms with van der Waals surface area (Å²) in [7, 11) is 5.68. The van der Waals surface area contributed by atoms with Crippen molar-refractivity contribution in [3.63, 3.8) is 0 Å². The summed E-state index contributed by atoms with van der Waals surface area (Å²) >= 11 is 0. The fraction of sp³-hybridized carbons (Fsp3) is 0.294. The Morgan fingerprint density at radius 1 is 0.558 bits per heavy atom. The maximum Gasteiger partial charge on any atom is 0.162 e. The van der Waals surface area contributed by atoms with E-state index >= 15 is 0 Å². The molecule has 226 valence electrons. The van der Waals surface area contributed by atoms with Gasteiger partial charge in [0.05, 0.1) is 53.7 Å². The summed E-state index contributed by atoms with van der Waals surface area (Å²) in [5, 5.41) is -0.927. The molecule has 0 saturated heterocycles. The standard InChI is InChI=1S/C34H36O8S/c1-37-24-11-7-21(8-12-24)20-43(35,36)34-29-18-28(41-5)19-30(42-6)33(29)31(23-15-26(39-3)17-27(16-23)40-4)32(34)22-9-13-25(38-2)14-10-22/h7-19,31-32,34H,20H2,1-6H3/t31-,32-,34?/m1/s1. The van der Waals surface area contributed by atoms with Crippen molar-refractivity contribution in [3.8, 4) is 34.5 Å². The summed E-state index contributed by atoms with van der Waals surface area (Å²) in [6.07, 6.45) is 0. The van der Waals surface area contributed by atoms with Crippen LogP contribution in [0.4, 0.5) is 0 Å². The van der Waals surface area contributed by atoms with Crippen molar-refractivity contribution in [2.45, 2.75) is 22.8 Å². The Morgan fingerprint density at radius 2 is 1.07 bits per heavy atom. The first-order valence-corrected chi connectivity index (χ1v) is 15.5.